The van der Waals surface area contributed by atoms with Gasteiger partial charge in [-0.05, 0) is 43.9 Å². The van der Waals surface area contributed by atoms with E-state index in [0.717, 1.165) is 25.9 Å². The molecular formula is C15H21FN2O. The van der Waals surface area contributed by atoms with Gasteiger partial charge in [-0.15, -0.1) is 0 Å². The molecule has 1 N–H and O–H groups in total. The summed E-state index contributed by atoms with van der Waals surface area (Å²) in [5, 5.41) is 3.10. The molecule has 0 aromatic heterocycles. The summed E-state index contributed by atoms with van der Waals surface area (Å²) in [6, 6.07) is 6.77. The van der Waals surface area contributed by atoms with Gasteiger partial charge in [0.15, 0.2) is 0 Å². The first kappa shape index (κ1) is 14.0. The minimum absolute atomic E-state index is 0.160. The largest absolute Gasteiger partial charge is 0.342 e. The van der Waals surface area contributed by atoms with E-state index in [1.807, 2.05) is 11.0 Å². The van der Waals surface area contributed by atoms with Crippen molar-refractivity contribution < 1.29 is 9.18 Å². The third-order valence-electron chi connectivity index (χ3n) is 3.51. The number of halogens is 1. The molecule has 0 aliphatic carbocycles. The number of rotatable bonds is 5. The molecule has 1 saturated heterocycles. The molecule has 0 bridgehead atoms. The summed E-state index contributed by atoms with van der Waals surface area (Å²) >= 11 is 0. The smallest absolute Gasteiger partial charge is 0.236 e. The van der Waals surface area contributed by atoms with E-state index < -0.39 is 0 Å². The van der Waals surface area contributed by atoms with Gasteiger partial charge in [-0.2, -0.15) is 0 Å². The monoisotopic (exact) mass is 264 g/mol. The van der Waals surface area contributed by atoms with Crippen molar-refractivity contribution >= 4 is 5.91 Å². The topological polar surface area (TPSA) is 32.3 Å². The van der Waals surface area contributed by atoms with Crippen LogP contribution in [-0.4, -0.2) is 37.0 Å². The van der Waals surface area contributed by atoms with Gasteiger partial charge < -0.3 is 10.2 Å². The molecule has 0 unspecified atom stereocenters. The Hall–Kier alpha value is -1.42. The van der Waals surface area contributed by atoms with E-state index in [0.29, 0.717) is 25.1 Å². The first-order valence-corrected chi connectivity index (χ1v) is 6.99. The average molecular weight is 264 g/mol. The van der Waals surface area contributed by atoms with E-state index in [1.54, 1.807) is 12.1 Å². The number of hydrogen-bond donors (Lipinski definition) is 1. The van der Waals surface area contributed by atoms with E-state index >= 15 is 0 Å². The Bertz CT molecular complexity index is 416. The molecule has 104 valence electrons. The third kappa shape index (κ3) is 4.31. The molecule has 0 atom stereocenters. The van der Waals surface area contributed by atoms with Crippen LogP contribution in [-0.2, 0) is 11.2 Å². The van der Waals surface area contributed by atoms with E-state index in [4.69, 9.17) is 0 Å². The standard InChI is InChI=1S/C15H21FN2O/c16-14-7-3-2-6-13(14)8-9-17-12-15(19)18-10-4-1-5-11-18/h2-3,6-7,17H,1,4-5,8-12H2. The van der Waals surface area contributed by atoms with E-state index in [-0.39, 0.29) is 11.7 Å². The Morgan fingerprint density at radius 3 is 2.68 bits per heavy atom. The third-order valence-corrected chi connectivity index (χ3v) is 3.51. The second-order valence-corrected chi connectivity index (χ2v) is 4.96. The fourth-order valence-corrected chi connectivity index (χ4v) is 2.37. The lowest BCUT2D eigenvalue weighted by atomic mass is 10.1. The highest BCUT2D eigenvalue weighted by Gasteiger charge is 2.15. The summed E-state index contributed by atoms with van der Waals surface area (Å²) < 4.78 is 13.4. The molecule has 1 aromatic carbocycles. The van der Waals surface area contributed by atoms with Gasteiger partial charge in [-0.1, -0.05) is 18.2 Å². The first-order valence-electron chi connectivity index (χ1n) is 6.99. The van der Waals surface area contributed by atoms with Crippen molar-refractivity contribution in [3.05, 3.63) is 35.6 Å². The zero-order chi connectivity index (χ0) is 13.5. The van der Waals surface area contributed by atoms with Crippen LogP contribution in [0.15, 0.2) is 24.3 Å². The fraction of sp³-hybridized carbons (Fsp3) is 0.533. The minimum Gasteiger partial charge on any atom is -0.342 e. The van der Waals surface area contributed by atoms with Gasteiger partial charge >= 0.3 is 0 Å². The minimum atomic E-state index is -0.174. The molecule has 1 aromatic rings. The van der Waals surface area contributed by atoms with Gasteiger partial charge in [0, 0.05) is 13.1 Å². The van der Waals surface area contributed by atoms with Crippen LogP contribution in [0.5, 0.6) is 0 Å². The Kier molecular flexibility index (Phi) is 5.33. The maximum absolute atomic E-state index is 13.4. The molecular weight excluding hydrogens is 243 g/mol. The lowest BCUT2D eigenvalue weighted by molar-refractivity contribution is -0.131. The van der Waals surface area contributed by atoms with E-state index in [9.17, 15) is 9.18 Å². The molecule has 4 heteroatoms. The molecule has 19 heavy (non-hydrogen) atoms. The van der Waals surface area contributed by atoms with Crippen molar-refractivity contribution in [3.8, 4) is 0 Å². The van der Waals surface area contributed by atoms with Gasteiger partial charge in [-0.25, -0.2) is 4.39 Å². The zero-order valence-corrected chi connectivity index (χ0v) is 11.2. The lowest BCUT2D eigenvalue weighted by Crippen LogP contribution is -2.41. The van der Waals surface area contributed by atoms with Crippen molar-refractivity contribution in [2.75, 3.05) is 26.2 Å². The van der Waals surface area contributed by atoms with Gasteiger partial charge in [0.1, 0.15) is 5.82 Å². The molecule has 2 rings (SSSR count). The number of carbonyl (C=O) groups is 1. The quantitative estimate of drug-likeness (QED) is 0.825. The van der Waals surface area contributed by atoms with Gasteiger partial charge in [0.25, 0.3) is 0 Å². The van der Waals surface area contributed by atoms with Gasteiger partial charge in [0.2, 0.25) is 5.91 Å². The molecule has 3 nitrogen and oxygen atoms in total. The highest BCUT2D eigenvalue weighted by molar-refractivity contribution is 5.78. The van der Waals surface area contributed by atoms with Crippen molar-refractivity contribution in [1.82, 2.24) is 10.2 Å². The maximum Gasteiger partial charge on any atom is 0.236 e. The van der Waals surface area contributed by atoms with Crippen molar-refractivity contribution in [2.45, 2.75) is 25.7 Å². The molecule has 1 heterocycles. The predicted octanol–water partition coefficient (Wildman–Crippen LogP) is 1.97. The van der Waals surface area contributed by atoms with Crippen molar-refractivity contribution in [2.24, 2.45) is 0 Å². The van der Waals surface area contributed by atoms with Gasteiger partial charge in [-0.3, -0.25) is 4.79 Å². The average Bonchev–Trinajstić information content (AvgIpc) is 2.46. The highest BCUT2D eigenvalue weighted by Crippen LogP contribution is 2.08. The summed E-state index contributed by atoms with van der Waals surface area (Å²) in [7, 11) is 0. The molecule has 1 fully saturated rings. The maximum atomic E-state index is 13.4. The number of piperidine rings is 1. The molecule has 0 saturated carbocycles. The number of nitrogens with zero attached hydrogens (tertiary/aromatic N) is 1. The van der Waals surface area contributed by atoms with E-state index in [2.05, 4.69) is 5.32 Å². The van der Waals surface area contributed by atoms with Crippen LogP contribution in [0.4, 0.5) is 4.39 Å². The molecule has 0 radical (unpaired) electrons. The Morgan fingerprint density at radius 1 is 1.21 bits per heavy atom. The Morgan fingerprint density at radius 2 is 1.95 bits per heavy atom. The molecule has 1 aliphatic heterocycles. The zero-order valence-electron chi connectivity index (χ0n) is 11.2. The SMILES string of the molecule is O=C(CNCCc1ccccc1F)N1CCCCC1. The Balaban J connectivity index is 1.66. The van der Waals surface area contributed by atoms with Crippen LogP contribution >= 0.6 is 0 Å². The summed E-state index contributed by atoms with van der Waals surface area (Å²) in [5.74, 6) is -0.0140. The highest BCUT2D eigenvalue weighted by atomic mass is 19.1. The van der Waals surface area contributed by atoms with Gasteiger partial charge in [0.05, 0.1) is 6.54 Å². The molecule has 1 aliphatic rings. The van der Waals surface area contributed by atoms with Crippen LogP contribution in [0.3, 0.4) is 0 Å². The van der Waals surface area contributed by atoms with Crippen LogP contribution in [0.2, 0.25) is 0 Å². The van der Waals surface area contributed by atoms with E-state index in [1.165, 1.54) is 12.5 Å². The summed E-state index contributed by atoms with van der Waals surface area (Å²) in [6.45, 7) is 2.75. The summed E-state index contributed by atoms with van der Waals surface area (Å²) in [6.07, 6.45) is 4.06. The number of nitrogens with one attached hydrogen (secondary N) is 1. The van der Waals surface area contributed by atoms with Crippen LogP contribution in [0.25, 0.3) is 0 Å². The number of likely N-dealkylation sites (tertiary alicyclic amines) is 1. The summed E-state index contributed by atoms with van der Waals surface area (Å²) in [4.78, 5) is 13.8. The van der Waals surface area contributed by atoms with Crippen LogP contribution in [0, 0.1) is 5.82 Å². The number of benzene rings is 1. The van der Waals surface area contributed by atoms with Crippen molar-refractivity contribution in [3.63, 3.8) is 0 Å². The molecule has 0 spiro atoms. The predicted molar refractivity (Wildman–Crippen MR) is 73.4 cm³/mol. The summed E-state index contributed by atoms with van der Waals surface area (Å²) in [5.41, 5.74) is 0.695. The second-order valence-electron chi connectivity index (χ2n) is 4.96. The number of hydrogen-bond acceptors (Lipinski definition) is 2. The normalized spacial score (nSPS) is 15.5. The Labute approximate surface area is 113 Å². The molecule has 1 amide bonds. The number of carbonyl (C=O) groups excluding carboxylic acids is 1. The fourth-order valence-electron chi connectivity index (χ4n) is 2.37. The van der Waals surface area contributed by atoms with Crippen molar-refractivity contribution in [1.29, 1.82) is 0 Å². The lowest BCUT2D eigenvalue weighted by Gasteiger charge is -2.26. The van der Waals surface area contributed by atoms with Crippen LogP contribution < -0.4 is 5.32 Å². The number of amides is 1. The first-order chi connectivity index (χ1) is 9.27. The second kappa shape index (κ2) is 7.24. The van der Waals surface area contributed by atoms with Crippen LogP contribution in [0.1, 0.15) is 24.8 Å².